The molecule has 28 heavy (non-hydrogen) atoms. The normalized spacial score (nSPS) is 10.1. The van der Waals surface area contributed by atoms with Crippen molar-refractivity contribution in [3.63, 3.8) is 0 Å². The summed E-state index contributed by atoms with van der Waals surface area (Å²) < 4.78 is 9.98. The number of ether oxygens (including phenoxy) is 2. The molecule has 0 aliphatic carbocycles. The summed E-state index contributed by atoms with van der Waals surface area (Å²) in [6.45, 7) is 15.9. The van der Waals surface area contributed by atoms with Crippen molar-refractivity contribution in [2.75, 3.05) is 13.9 Å². The summed E-state index contributed by atoms with van der Waals surface area (Å²) >= 11 is 0. The number of carbonyl (C=O) groups excluding carboxylic acids is 4. The van der Waals surface area contributed by atoms with E-state index in [1.165, 1.54) is 7.11 Å². The highest BCUT2D eigenvalue weighted by Crippen LogP contribution is 2.15. The van der Waals surface area contributed by atoms with Gasteiger partial charge in [0.1, 0.15) is 12.4 Å². The number of Topliss-reactive ketones (excluding diaryl/α,β-unsaturated/α-hetero) is 1. The Morgan fingerprint density at radius 2 is 1.36 bits per heavy atom. The van der Waals surface area contributed by atoms with E-state index in [0.29, 0.717) is 5.06 Å². The molecule has 0 saturated carbocycles. The minimum atomic E-state index is -1.01. The Kier molecular flexibility index (Phi) is 19.1. The lowest BCUT2D eigenvalue weighted by molar-refractivity contribution is -0.200. The summed E-state index contributed by atoms with van der Waals surface area (Å²) in [5, 5.41) is 0.385. The molecular weight excluding hydrogens is 366 g/mol. The number of rotatable bonds is 8. The third-order valence-corrected chi connectivity index (χ3v) is 2.76. The zero-order valence-corrected chi connectivity index (χ0v) is 19.2. The van der Waals surface area contributed by atoms with Gasteiger partial charge in [0.15, 0.2) is 5.78 Å². The fourth-order valence-electron chi connectivity index (χ4n) is 1.48. The first-order valence-electron chi connectivity index (χ1n) is 9.53. The second-order valence-corrected chi connectivity index (χ2v) is 6.87. The first kappa shape index (κ1) is 30.9. The van der Waals surface area contributed by atoms with Crippen LogP contribution < -0.4 is 0 Å². The maximum Gasteiger partial charge on any atom is 0.333 e. The van der Waals surface area contributed by atoms with Crippen LogP contribution in [0.1, 0.15) is 81.6 Å². The molecule has 0 fully saturated rings. The minimum absolute atomic E-state index is 0.00698. The highest BCUT2D eigenvalue weighted by molar-refractivity contribution is 5.93. The molecule has 0 aromatic carbocycles. The number of carbonyl (C=O) groups is 4. The standard InChI is InChI=1S/C14H23NO7.C4H10.C2H6/c1-10(16)15(11(2)17)22-13(19)8-6-7-12(18)14(3,4)21-9-20-5;1-4(2)3;1-2/h6-9H2,1-5H3;4H,1-3H3;1-2H3. The number of nitrogens with zero attached hydrogens (tertiary/aromatic N) is 1. The Hall–Kier alpha value is -1.80. The van der Waals surface area contributed by atoms with Gasteiger partial charge in [0.2, 0.25) is 0 Å². The molecule has 0 heterocycles. The summed E-state index contributed by atoms with van der Waals surface area (Å²) in [6, 6.07) is 0. The summed E-state index contributed by atoms with van der Waals surface area (Å²) in [6.07, 6.45) is 0.232. The molecule has 0 unspecified atom stereocenters. The van der Waals surface area contributed by atoms with Gasteiger partial charge >= 0.3 is 5.97 Å². The number of hydroxylamine groups is 2. The van der Waals surface area contributed by atoms with E-state index in [2.05, 4.69) is 25.6 Å². The zero-order chi connectivity index (χ0) is 22.9. The van der Waals surface area contributed by atoms with Crippen molar-refractivity contribution in [1.82, 2.24) is 5.06 Å². The first-order valence-corrected chi connectivity index (χ1v) is 9.53. The molecule has 0 N–H and O–H groups in total. The van der Waals surface area contributed by atoms with Gasteiger partial charge in [0, 0.05) is 33.8 Å². The van der Waals surface area contributed by atoms with E-state index in [1.807, 2.05) is 13.8 Å². The number of amides is 2. The average Bonchev–Trinajstić information content (AvgIpc) is 2.58. The van der Waals surface area contributed by atoms with Crippen LogP contribution in [0, 0.1) is 5.92 Å². The van der Waals surface area contributed by atoms with Gasteiger partial charge in [-0.15, -0.1) is 5.06 Å². The predicted molar refractivity (Wildman–Crippen MR) is 107 cm³/mol. The van der Waals surface area contributed by atoms with Crippen molar-refractivity contribution < 1.29 is 33.5 Å². The summed E-state index contributed by atoms with van der Waals surface area (Å²) in [4.78, 5) is 50.3. The molecule has 0 atom stereocenters. The molecule has 0 spiro atoms. The maximum absolute atomic E-state index is 11.9. The van der Waals surface area contributed by atoms with E-state index >= 15 is 0 Å². The van der Waals surface area contributed by atoms with Crippen LogP contribution in [0.15, 0.2) is 0 Å². The molecule has 0 rings (SSSR count). The number of imide groups is 1. The molecule has 0 aliphatic heterocycles. The molecule has 0 aromatic rings. The Morgan fingerprint density at radius 3 is 1.71 bits per heavy atom. The first-order chi connectivity index (χ1) is 12.8. The van der Waals surface area contributed by atoms with Crippen LogP contribution in [0.25, 0.3) is 0 Å². The maximum atomic E-state index is 11.9. The SMILES string of the molecule is CC.CC(C)C.COCOC(C)(C)C(=O)CCCC(=O)ON(C(C)=O)C(C)=O. The number of methoxy groups -OCH3 is 1. The fraction of sp³-hybridized carbons (Fsp3) is 0.800. The predicted octanol–water partition coefficient (Wildman–Crippen LogP) is 3.67. The van der Waals surface area contributed by atoms with Crippen molar-refractivity contribution in [1.29, 1.82) is 0 Å². The molecule has 0 radical (unpaired) electrons. The van der Waals surface area contributed by atoms with Crippen LogP contribution in [0.4, 0.5) is 0 Å². The zero-order valence-electron chi connectivity index (χ0n) is 19.2. The summed E-state index contributed by atoms with van der Waals surface area (Å²) in [5.74, 6) is -1.49. The quantitative estimate of drug-likeness (QED) is 0.449. The largest absolute Gasteiger partial charge is 0.359 e. The van der Waals surface area contributed by atoms with Crippen molar-refractivity contribution in [3.05, 3.63) is 0 Å². The highest BCUT2D eigenvalue weighted by atomic mass is 16.7. The molecule has 166 valence electrons. The topological polar surface area (TPSA) is 99.2 Å². The van der Waals surface area contributed by atoms with E-state index in [9.17, 15) is 19.2 Å². The van der Waals surface area contributed by atoms with Crippen LogP contribution in [0.5, 0.6) is 0 Å². The van der Waals surface area contributed by atoms with E-state index in [-0.39, 0.29) is 31.8 Å². The van der Waals surface area contributed by atoms with Gasteiger partial charge in [-0.25, -0.2) is 4.79 Å². The van der Waals surface area contributed by atoms with Gasteiger partial charge in [-0.05, 0) is 26.2 Å². The van der Waals surface area contributed by atoms with E-state index in [1.54, 1.807) is 13.8 Å². The Labute approximate surface area is 169 Å². The summed E-state index contributed by atoms with van der Waals surface area (Å²) in [7, 11) is 1.45. The van der Waals surface area contributed by atoms with Crippen LogP contribution in [0.2, 0.25) is 0 Å². The van der Waals surface area contributed by atoms with Crippen molar-refractivity contribution in [3.8, 4) is 0 Å². The van der Waals surface area contributed by atoms with E-state index < -0.39 is 23.4 Å². The van der Waals surface area contributed by atoms with Crippen molar-refractivity contribution in [2.45, 2.75) is 87.2 Å². The van der Waals surface area contributed by atoms with Gasteiger partial charge in [-0.2, -0.15) is 0 Å². The van der Waals surface area contributed by atoms with Crippen molar-refractivity contribution in [2.24, 2.45) is 5.92 Å². The molecular formula is C20H39NO7. The smallest absolute Gasteiger partial charge is 0.333 e. The van der Waals surface area contributed by atoms with Crippen LogP contribution in [0.3, 0.4) is 0 Å². The van der Waals surface area contributed by atoms with Crippen LogP contribution >= 0.6 is 0 Å². The van der Waals surface area contributed by atoms with Crippen molar-refractivity contribution >= 4 is 23.6 Å². The second-order valence-electron chi connectivity index (χ2n) is 6.87. The molecule has 0 bridgehead atoms. The molecule has 2 amide bonds. The van der Waals surface area contributed by atoms with Gasteiger partial charge in [-0.1, -0.05) is 34.6 Å². The van der Waals surface area contributed by atoms with Crippen LogP contribution in [-0.2, 0) is 33.5 Å². The second kappa shape index (κ2) is 17.3. The van der Waals surface area contributed by atoms with Gasteiger partial charge in [0.05, 0.1) is 0 Å². The number of hydrogen-bond acceptors (Lipinski definition) is 7. The monoisotopic (exact) mass is 405 g/mol. The van der Waals surface area contributed by atoms with E-state index in [4.69, 9.17) is 9.47 Å². The lowest BCUT2D eigenvalue weighted by Gasteiger charge is -2.23. The van der Waals surface area contributed by atoms with Gasteiger partial charge < -0.3 is 14.3 Å². The molecule has 0 saturated heterocycles. The highest BCUT2D eigenvalue weighted by Gasteiger charge is 2.28. The third kappa shape index (κ3) is 17.6. The molecule has 8 heteroatoms. The fourth-order valence-corrected chi connectivity index (χ4v) is 1.48. The summed E-state index contributed by atoms with van der Waals surface area (Å²) in [5.41, 5.74) is -1.01. The Balaban J connectivity index is -0.000000916. The molecule has 0 aliphatic rings. The lowest BCUT2D eigenvalue weighted by Crippen LogP contribution is -2.36. The van der Waals surface area contributed by atoms with E-state index in [0.717, 1.165) is 19.8 Å². The minimum Gasteiger partial charge on any atom is -0.359 e. The lowest BCUT2D eigenvalue weighted by atomic mass is 9.98. The third-order valence-electron chi connectivity index (χ3n) is 2.76. The average molecular weight is 406 g/mol. The Bertz CT molecular complexity index is 456. The van der Waals surface area contributed by atoms with Gasteiger partial charge in [0.25, 0.3) is 11.8 Å². The molecule has 0 aromatic heterocycles. The molecule has 8 nitrogen and oxygen atoms in total. The number of hydrogen-bond donors (Lipinski definition) is 0. The van der Waals surface area contributed by atoms with Crippen LogP contribution in [-0.4, -0.2) is 48.1 Å². The van der Waals surface area contributed by atoms with Gasteiger partial charge in [-0.3, -0.25) is 14.4 Å². The Morgan fingerprint density at radius 1 is 0.929 bits per heavy atom. The number of ketones is 1.